The first kappa shape index (κ1) is 19.9. The molecule has 1 atom stereocenters. The van der Waals surface area contributed by atoms with Crippen molar-refractivity contribution in [3.05, 3.63) is 48.2 Å². The molecular weight excluding hydrogens is 424 g/mol. The molecule has 1 aliphatic heterocycles. The van der Waals surface area contributed by atoms with Crippen LogP contribution < -0.4 is 11.1 Å². The number of nitrogens with one attached hydrogen (secondary N) is 1. The smallest absolute Gasteiger partial charge is 0.241 e. The van der Waals surface area contributed by atoms with Gasteiger partial charge in [-0.15, -0.1) is 10.2 Å². The predicted octanol–water partition coefficient (Wildman–Crippen LogP) is 2.49. The number of rotatable bonds is 6. The van der Waals surface area contributed by atoms with Crippen molar-refractivity contribution < 1.29 is 13.6 Å². The van der Waals surface area contributed by atoms with E-state index in [2.05, 4.69) is 25.5 Å². The minimum atomic E-state index is -0.971. The molecule has 3 aromatic rings. The zero-order valence-corrected chi connectivity index (χ0v) is 17.1. The second kappa shape index (κ2) is 7.56. The SMILES string of the molecule is NC(=O)C1CSc2nc(-c3ccc(NCC4(c5ncccc5F)CC(F)C4)nn3)cn21. The molecule has 5 rings (SSSR count). The highest BCUT2D eigenvalue weighted by Gasteiger charge is 2.48. The lowest BCUT2D eigenvalue weighted by Gasteiger charge is -2.43. The number of thioether (sulfide) groups is 1. The number of hydrogen-bond acceptors (Lipinski definition) is 7. The summed E-state index contributed by atoms with van der Waals surface area (Å²) in [6, 6.07) is 5.93. The van der Waals surface area contributed by atoms with Crippen molar-refractivity contribution in [1.82, 2.24) is 24.7 Å². The fraction of sp³-hybridized carbons (Fsp3) is 0.350. The summed E-state index contributed by atoms with van der Waals surface area (Å²) in [5.41, 5.74) is 6.14. The van der Waals surface area contributed by atoms with E-state index in [0.29, 0.717) is 34.7 Å². The topological polar surface area (TPSA) is 112 Å². The largest absolute Gasteiger partial charge is 0.368 e. The van der Waals surface area contributed by atoms with Gasteiger partial charge < -0.3 is 15.6 Å². The van der Waals surface area contributed by atoms with Gasteiger partial charge in [-0.2, -0.15) is 0 Å². The molecule has 1 unspecified atom stereocenters. The lowest BCUT2D eigenvalue weighted by atomic mass is 9.65. The van der Waals surface area contributed by atoms with Crippen molar-refractivity contribution in [1.29, 1.82) is 0 Å². The third-order valence-electron chi connectivity index (χ3n) is 5.75. The zero-order valence-electron chi connectivity index (χ0n) is 16.3. The Morgan fingerprint density at radius 1 is 1.29 bits per heavy atom. The first-order valence-corrected chi connectivity index (χ1v) is 10.8. The number of nitrogens with two attached hydrogens (primary N) is 1. The van der Waals surface area contributed by atoms with Gasteiger partial charge in [-0.1, -0.05) is 11.8 Å². The molecule has 160 valence electrons. The standard InChI is InChI=1S/C20H19F2N7OS/c21-11-6-20(7-11,17-12(22)2-1-5-24-17)10-25-16-4-3-13(27-28-16)14-8-29-15(18(23)30)9-31-19(29)26-14/h1-5,8,11,15H,6-7,9-10H2,(H2,23,30)(H,25,28). The van der Waals surface area contributed by atoms with Crippen LogP contribution >= 0.6 is 11.8 Å². The number of anilines is 1. The molecular formula is C20H19F2N7OS. The lowest BCUT2D eigenvalue weighted by Crippen LogP contribution is -2.49. The number of carbonyl (C=O) groups is 1. The second-order valence-electron chi connectivity index (χ2n) is 7.82. The fourth-order valence-corrected chi connectivity index (χ4v) is 5.22. The summed E-state index contributed by atoms with van der Waals surface area (Å²) in [5.74, 6) is 0.228. The number of alkyl halides is 1. The number of aromatic nitrogens is 5. The summed E-state index contributed by atoms with van der Waals surface area (Å²) in [7, 11) is 0. The van der Waals surface area contributed by atoms with Gasteiger partial charge >= 0.3 is 0 Å². The predicted molar refractivity (Wildman–Crippen MR) is 111 cm³/mol. The highest BCUT2D eigenvalue weighted by atomic mass is 32.2. The van der Waals surface area contributed by atoms with Gasteiger partial charge in [0.15, 0.2) is 5.16 Å². The van der Waals surface area contributed by atoms with Crippen LogP contribution in [0, 0.1) is 5.82 Å². The Kier molecular flexibility index (Phi) is 4.84. The summed E-state index contributed by atoms with van der Waals surface area (Å²) < 4.78 is 29.7. The minimum absolute atomic E-state index is 0.207. The third kappa shape index (κ3) is 3.52. The highest BCUT2D eigenvalue weighted by molar-refractivity contribution is 7.99. The maximum atomic E-state index is 14.3. The lowest BCUT2D eigenvalue weighted by molar-refractivity contribution is -0.120. The number of fused-ring (bicyclic) bond motifs is 1. The second-order valence-corrected chi connectivity index (χ2v) is 8.81. The first-order valence-electron chi connectivity index (χ1n) is 9.79. The maximum absolute atomic E-state index is 14.3. The minimum Gasteiger partial charge on any atom is -0.368 e. The molecule has 0 radical (unpaired) electrons. The van der Waals surface area contributed by atoms with Crippen molar-refractivity contribution in [2.24, 2.45) is 5.73 Å². The molecule has 0 saturated heterocycles. The van der Waals surface area contributed by atoms with Crippen LogP contribution in [0.2, 0.25) is 0 Å². The quantitative estimate of drug-likeness (QED) is 0.602. The van der Waals surface area contributed by atoms with E-state index in [-0.39, 0.29) is 18.5 Å². The van der Waals surface area contributed by atoms with Crippen LogP contribution in [0.3, 0.4) is 0 Å². The number of imidazole rings is 1. The molecule has 2 aliphatic rings. The highest BCUT2D eigenvalue weighted by Crippen LogP contribution is 2.45. The molecule has 4 heterocycles. The maximum Gasteiger partial charge on any atom is 0.241 e. The van der Waals surface area contributed by atoms with E-state index in [1.54, 1.807) is 22.9 Å². The molecule has 3 aromatic heterocycles. The van der Waals surface area contributed by atoms with Gasteiger partial charge in [-0.3, -0.25) is 9.78 Å². The Hall–Kier alpha value is -3.08. The monoisotopic (exact) mass is 443 g/mol. The van der Waals surface area contributed by atoms with Gasteiger partial charge in [0.1, 0.15) is 35.2 Å². The number of pyridine rings is 1. The number of carbonyl (C=O) groups excluding carboxylic acids is 1. The summed E-state index contributed by atoms with van der Waals surface area (Å²) in [6.45, 7) is 0.297. The van der Waals surface area contributed by atoms with Crippen molar-refractivity contribution in [2.45, 2.75) is 35.6 Å². The molecule has 8 nitrogen and oxygen atoms in total. The third-order valence-corrected chi connectivity index (χ3v) is 6.80. The molecule has 0 aromatic carbocycles. The number of nitrogens with zero attached hydrogens (tertiary/aromatic N) is 5. The zero-order chi connectivity index (χ0) is 21.6. The average molecular weight is 443 g/mol. The van der Waals surface area contributed by atoms with E-state index in [0.717, 1.165) is 0 Å². The van der Waals surface area contributed by atoms with Crippen LogP contribution in [-0.2, 0) is 10.2 Å². The van der Waals surface area contributed by atoms with Crippen LogP contribution in [-0.4, -0.2) is 49.1 Å². The van der Waals surface area contributed by atoms with E-state index < -0.39 is 29.4 Å². The van der Waals surface area contributed by atoms with Gasteiger partial charge in [0.05, 0.1) is 5.69 Å². The van der Waals surface area contributed by atoms with Crippen LogP contribution in [0.15, 0.2) is 41.8 Å². The van der Waals surface area contributed by atoms with Crippen molar-refractivity contribution in [3.63, 3.8) is 0 Å². The Morgan fingerprint density at radius 2 is 2.13 bits per heavy atom. The average Bonchev–Trinajstić information content (AvgIpc) is 3.32. The molecule has 0 bridgehead atoms. The molecule has 0 spiro atoms. The fourth-order valence-electron chi connectivity index (χ4n) is 4.09. The van der Waals surface area contributed by atoms with Crippen LogP contribution in [0.4, 0.5) is 14.6 Å². The van der Waals surface area contributed by atoms with Gasteiger partial charge in [0, 0.05) is 30.1 Å². The summed E-state index contributed by atoms with van der Waals surface area (Å²) in [5, 5.41) is 12.2. The summed E-state index contributed by atoms with van der Waals surface area (Å²) in [4.78, 5) is 20.2. The summed E-state index contributed by atoms with van der Waals surface area (Å²) >= 11 is 1.47. The van der Waals surface area contributed by atoms with Crippen LogP contribution in [0.5, 0.6) is 0 Å². The number of primary amides is 1. The van der Waals surface area contributed by atoms with Gasteiger partial charge in [-0.25, -0.2) is 13.8 Å². The van der Waals surface area contributed by atoms with Gasteiger partial charge in [-0.05, 0) is 37.1 Å². The van der Waals surface area contributed by atoms with Crippen molar-refractivity contribution in [3.8, 4) is 11.4 Å². The van der Waals surface area contributed by atoms with E-state index in [4.69, 9.17) is 5.73 Å². The van der Waals surface area contributed by atoms with Crippen molar-refractivity contribution >= 4 is 23.5 Å². The number of hydrogen-bond donors (Lipinski definition) is 2. The molecule has 1 fully saturated rings. The molecule has 1 aliphatic carbocycles. The van der Waals surface area contributed by atoms with E-state index in [1.165, 1.54) is 30.1 Å². The molecule has 1 saturated carbocycles. The Bertz CT molecular complexity index is 1130. The van der Waals surface area contributed by atoms with Crippen LogP contribution in [0.25, 0.3) is 11.4 Å². The van der Waals surface area contributed by atoms with E-state index in [1.807, 2.05) is 0 Å². The molecule has 31 heavy (non-hydrogen) atoms. The Balaban J connectivity index is 1.31. The van der Waals surface area contributed by atoms with E-state index in [9.17, 15) is 13.6 Å². The molecule has 3 N–H and O–H groups in total. The number of halogens is 2. The van der Waals surface area contributed by atoms with Crippen molar-refractivity contribution in [2.75, 3.05) is 17.6 Å². The number of amides is 1. The van der Waals surface area contributed by atoms with Gasteiger partial charge in [0.25, 0.3) is 0 Å². The molecule has 1 amide bonds. The first-order chi connectivity index (χ1) is 14.9. The van der Waals surface area contributed by atoms with Gasteiger partial charge in [0.2, 0.25) is 5.91 Å². The normalized spacial score (nSPS) is 24.5. The Morgan fingerprint density at radius 3 is 2.81 bits per heavy atom. The Labute approximate surface area is 180 Å². The summed E-state index contributed by atoms with van der Waals surface area (Å²) in [6.07, 6.45) is 2.71. The van der Waals surface area contributed by atoms with E-state index >= 15 is 0 Å². The van der Waals surface area contributed by atoms with Crippen LogP contribution in [0.1, 0.15) is 24.6 Å². The molecule has 11 heteroatoms.